The molecule has 2 fully saturated rings. The third-order valence-corrected chi connectivity index (χ3v) is 4.57. The van der Waals surface area contributed by atoms with Crippen molar-refractivity contribution in [2.75, 3.05) is 19.6 Å². The first-order valence-corrected chi connectivity index (χ1v) is 7.88. The quantitative estimate of drug-likeness (QED) is 0.889. The Morgan fingerprint density at radius 1 is 1.05 bits per heavy atom. The molecular formula is C16H23ClN2. The first-order chi connectivity index (χ1) is 9.31. The van der Waals surface area contributed by atoms with Gasteiger partial charge in [-0.2, -0.15) is 0 Å². The average molecular weight is 279 g/mol. The van der Waals surface area contributed by atoms with E-state index < -0.39 is 0 Å². The van der Waals surface area contributed by atoms with Gasteiger partial charge in [0.25, 0.3) is 0 Å². The van der Waals surface area contributed by atoms with Crippen LogP contribution in [0.4, 0.5) is 0 Å². The second-order valence-electron chi connectivity index (χ2n) is 5.98. The summed E-state index contributed by atoms with van der Waals surface area (Å²) < 4.78 is 0. The minimum Gasteiger partial charge on any atom is -0.317 e. The molecule has 1 saturated heterocycles. The monoisotopic (exact) mass is 278 g/mol. The fourth-order valence-electron chi connectivity index (χ4n) is 2.97. The zero-order chi connectivity index (χ0) is 13.1. The second-order valence-corrected chi connectivity index (χ2v) is 6.42. The molecule has 1 aliphatic heterocycles. The Morgan fingerprint density at radius 3 is 2.37 bits per heavy atom. The van der Waals surface area contributed by atoms with Gasteiger partial charge in [-0.05, 0) is 62.4 Å². The van der Waals surface area contributed by atoms with E-state index in [0.29, 0.717) is 0 Å². The van der Waals surface area contributed by atoms with Crippen LogP contribution in [0.2, 0.25) is 5.02 Å². The van der Waals surface area contributed by atoms with Crippen LogP contribution in [0.25, 0.3) is 0 Å². The first kappa shape index (κ1) is 13.4. The molecule has 0 aromatic heterocycles. The predicted molar refractivity (Wildman–Crippen MR) is 80.5 cm³/mol. The molecule has 1 heterocycles. The molecule has 2 nitrogen and oxygen atoms in total. The zero-order valence-corrected chi connectivity index (χ0v) is 12.2. The topological polar surface area (TPSA) is 15.3 Å². The lowest BCUT2D eigenvalue weighted by Gasteiger charge is -2.35. The Bertz CT molecular complexity index is 394. The van der Waals surface area contributed by atoms with E-state index in [-0.39, 0.29) is 0 Å². The van der Waals surface area contributed by atoms with E-state index >= 15 is 0 Å². The predicted octanol–water partition coefficient (Wildman–Crippen LogP) is 3.30. The van der Waals surface area contributed by atoms with Crippen LogP contribution in [-0.2, 0) is 6.54 Å². The first-order valence-electron chi connectivity index (χ1n) is 7.50. The molecule has 0 bridgehead atoms. The SMILES string of the molecule is Clc1ccc(CN(CC2CC2)C2CCNCC2)cc1. The second kappa shape index (κ2) is 6.25. The van der Waals surface area contributed by atoms with Gasteiger partial charge in [-0.3, -0.25) is 4.90 Å². The largest absolute Gasteiger partial charge is 0.317 e. The molecule has 19 heavy (non-hydrogen) atoms. The van der Waals surface area contributed by atoms with Gasteiger partial charge < -0.3 is 5.32 Å². The molecule has 1 aliphatic carbocycles. The van der Waals surface area contributed by atoms with Crippen molar-refractivity contribution in [3.05, 3.63) is 34.9 Å². The van der Waals surface area contributed by atoms with Crippen molar-refractivity contribution in [3.63, 3.8) is 0 Å². The molecular weight excluding hydrogens is 256 g/mol. The van der Waals surface area contributed by atoms with Crippen molar-refractivity contribution in [2.45, 2.75) is 38.3 Å². The summed E-state index contributed by atoms with van der Waals surface area (Å²) in [7, 11) is 0. The highest BCUT2D eigenvalue weighted by atomic mass is 35.5. The number of halogens is 1. The maximum Gasteiger partial charge on any atom is 0.0406 e. The van der Waals surface area contributed by atoms with Gasteiger partial charge in [0.15, 0.2) is 0 Å². The number of piperidine rings is 1. The molecule has 2 aliphatic rings. The Labute approximate surface area is 121 Å². The van der Waals surface area contributed by atoms with Gasteiger partial charge in [-0.1, -0.05) is 23.7 Å². The van der Waals surface area contributed by atoms with E-state index in [0.717, 1.165) is 23.5 Å². The molecule has 0 radical (unpaired) electrons. The molecule has 104 valence electrons. The summed E-state index contributed by atoms with van der Waals surface area (Å²) in [6.45, 7) is 4.71. The van der Waals surface area contributed by atoms with Gasteiger partial charge in [0.05, 0.1) is 0 Å². The van der Waals surface area contributed by atoms with E-state index in [4.69, 9.17) is 11.6 Å². The molecule has 1 aromatic carbocycles. The number of hydrogen-bond acceptors (Lipinski definition) is 2. The third-order valence-electron chi connectivity index (χ3n) is 4.31. The minimum absolute atomic E-state index is 0.762. The Morgan fingerprint density at radius 2 is 1.74 bits per heavy atom. The van der Waals surface area contributed by atoms with Crippen LogP contribution < -0.4 is 5.32 Å². The molecule has 0 spiro atoms. The van der Waals surface area contributed by atoms with Crippen LogP contribution in [0.1, 0.15) is 31.2 Å². The van der Waals surface area contributed by atoms with E-state index in [1.807, 2.05) is 12.1 Å². The third kappa shape index (κ3) is 3.95. The fraction of sp³-hybridized carbons (Fsp3) is 0.625. The summed E-state index contributed by atoms with van der Waals surface area (Å²) >= 11 is 5.97. The number of nitrogens with zero attached hydrogens (tertiary/aromatic N) is 1. The van der Waals surface area contributed by atoms with Gasteiger partial charge in [0.1, 0.15) is 0 Å². The minimum atomic E-state index is 0.762. The van der Waals surface area contributed by atoms with Crippen molar-refractivity contribution in [3.8, 4) is 0 Å². The average Bonchev–Trinajstić information content (AvgIpc) is 3.26. The van der Waals surface area contributed by atoms with E-state index in [1.165, 1.54) is 50.9 Å². The maximum atomic E-state index is 5.97. The van der Waals surface area contributed by atoms with Crippen molar-refractivity contribution in [1.82, 2.24) is 10.2 Å². The molecule has 3 heteroatoms. The maximum absolute atomic E-state index is 5.97. The number of hydrogen-bond donors (Lipinski definition) is 1. The van der Waals surface area contributed by atoms with Crippen LogP contribution >= 0.6 is 11.6 Å². The molecule has 3 rings (SSSR count). The Kier molecular flexibility index (Phi) is 4.42. The van der Waals surface area contributed by atoms with E-state index in [9.17, 15) is 0 Å². The summed E-state index contributed by atoms with van der Waals surface area (Å²) in [5.41, 5.74) is 1.39. The van der Waals surface area contributed by atoms with Crippen LogP contribution in [0, 0.1) is 5.92 Å². The highest BCUT2D eigenvalue weighted by molar-refractivity contribution is 6.30. The number of rotatable bonds is 5. The summed E-state index contributed by atoms with van der Waals surface area (Å²) in [4.78, 5) is 2.71. The van der Waals surface area contributed by atoms with Crippen LogP contribution in [0.15, 0.2) is 24.3 Å². The molecule has 0 amide bonds. The van der Waals surface area contributed by atoms with E-state index in [1.54, 1.807) is 0 Å². The summed E-state index contributed by atoms with van der Waals surface area (Å²) in [5.74, 6) is 0.960. The Hall–Kier alpha value is -0.570. The smallest absolute Gasteiger partial charge is 0.0406 e. The lowest BCUT2D eigenvalue weighted by Crippen LogP contribution is -2.43. The highest BCUT2D eigenvalue weighted by Crippen LogP contribution is 2.32. The van der Waals surface area contributed by atoms with Crippen molar-refractivity contribution in [1.29, 1.82) is 0 Å². The zero-order valence-electron chi connectivity index (χ0n) is 11.4. The summed E-state index contributed by atoms with van der Waals surface area (Å²) in [6, 6.07) is 9.12. The standard InChI is InChI=1S/C16H23ClN2/c17-15-5-3-14(4-6-15)12-19(11-13-1-2-13)16-7-9-18-10-8-16/h3-6,13,16,18H,1-2,7-12H2. The molecule has 1 aromatic rings. The van der Waals surface area contributed by atoms with Gasteiger partial charge in [-0.25, -0.2) is 0 Å². The normalized spacial score (nSPS) is 20.9. The fourth-order valence-corrected chi connectivity index (χ4v) is 3.10. The van der Waals surface area contributed by atoms with Crippen molar-refractivity contribution >= 4 is 11.6 Å². The molecule has 1 saturated carbocycles. The summed E-state index contributed by atoms with van der Waals surface area (Å²) in [6.07, 6.45) is 5.45. The van der Waals surface area contributed by atoms with Crippen LogP contribution in [-0.4, -0.2) is 30.6 Å². The number of benzene rings is 1. The lowest BCUT2D eigenvalue weighted by molar-refractivity contribution is 0.147. The molecule has 0 unspecified atom stereocenters. The van der Waals surface area contributed by atoms with Gasteiger partial charge in [0.2, 0.25) is 0 Å². The highest BCUT2D eigenvalue weighted by Gasteiger charge is 2.28. The molecule has 0 atom stereocenters. The van der Waals surface area contributed by atoms with Crippen LogP contribution in [0.3, 0.4) is 0 Å². The Balaban J connectivity index is 1.65. The van der Waals surface area contributed by atoms with Gasteiger partial charge >= 0.3 is 0 Å². The summed E-state index contributed by atoms with van der Waals surface area (Å²) in [5, 5.41) is 4.30. The van der Waals surface area contributed by atoms with Gasteiger partial charge in [0, 0.05) is 24.2 Å². The van der Waals surface area contributed by atoms with Gasteiger partial charge in [-0.15, -0.1) is 0 Å². The van der Waals surface area contributed by atoms with Crippen molar-refractivity contribution in [2.24, 2.45) is 5.92 Å². The van der Waals surface area contributed by atoms with E-state index in [2.05, 4.69) is 22.3 Å². The molecule has 1 N–H and O–H groups in total. The lowest BCUT2D eigenvalue weighted by atomic mass is 10.0. The number of nitrogens with one attached hydrogen (secondary N) is 1. The van der Waals surface area contributed by atoms with Crippen molar-refractivity contribution < 1.29 is 0 Å². The van der Waals surface area contributed by atoms with Crippen LogP contribution in [0.5, 0.6) is 0 Å².